The van der Waals surface area contributed by atoms with Crippen molar-refractivity contribution < 1.29 is 18.0 Å². The van der Waals surface area contributed by atoms with E-state index in [9.17, 15) is 18.0 Å². The first-order valence-corrected chi connectivity index (χ1v) is 13.5. The standard InChI is InChI=1S/C35H26F3N3O/c1-23-10-11-25(16-24(23)12-13-27-19-39-18-26-6-4-5-9-32(26)27)34(42)40-31-15-14-30(33(17-31)35(36,37)38)22-41-20-28-7-2-3-8-29(28)21-41/h2-11,14-19H,20-22H2,1H3,(H,40,42). The Morgan fingerprint density at radius 2 is 1.60 bits per heavy atom. The lowest BCUT2D eigenvalue weighted by Gasteiger charge is -2.20. The number of alkyl halides is 3. The summed E-state index contributed by atoms with van der Waals surface area (Å²) in [6.07, 6.45) is -1.09. The van der Waals surface area contributed by atoms with Gasteiger partial charge in [0.1, 0.15) is 0 Å². The lowest BCUT2D eigenvalue weighted by molar-refractivity contribution is -0.138. The van der Waals surface area contributed by atoms with Gasteiger partial charge in [-0.1, -0.05) is 72.5 Å². The van der Waals surface area contributed by atoms with Crippen LogP contribution >= 0.6 is 0 Å². The van der Waals surface area contributed by atoms with Crippen molar-refractivity contribution in [2.45, 2.75) is 32.7 Å². The van der Waals surface area contributed by atoms with Crippen LogP contribution in [0.1, 0.15) is 49.3 Å². The smallest absolute Gasteiger partial charge is 0.322 e. The first kappa shape index (κ1) is 27.3. The number of aromatic nitrogens is 1. The second-order valence-corrected chi connectivity index (χ2v) is 10.4. The number of nitrogens with zero attached hydrogens (tertiary/aromatic N) is 2. The quantitative estimate of drug-likeness (QED) is 0.229. The van der Waals surface area contributed by atoms with Gasteiger partial charge in [0.15, 0.2) is 0 Å². The number of fused-ring (bicyclic) bond motifs is 2. The van der Waals surface area contributed by atoms with Crippen LogP contribution in [-0.4, -0.2) is 15.8 Å². The normalized spacial score (nSPS) is 13.0. The highest BCUT2D eigenvalue weighted by Gasteiger charge is 2.34. The molecule has 0 saturated heterocycles. The zero-order valence-electron chi connectivity index (χ0n) is 22.8. The highest BCUT2D eigenvalue weighted by atomic mass is 19.4. The summed E-state index contributed by atoms with van der Waals surface area (Å²) in [5, 5.41) is 4.59. The molecule has 1 N–H and O–H groups in total. The molecule has 0 atom stereocenters. The molecule has 42 heavy (non-hydrogen) atoms. The molecule has 6 rings (SSSR count). The molecule has 0 radical (unpaired) electrons. The summed E-state index contributed by atoms with van der Waals surface area (Å²) in [6.45, 7) is 3.24. The molecule has 4 nitrogen and oxygen atoms in total. The molecule has 0 fully saturated rings. The van der Waals surface area contributed by atoms with E-state index in [1.165, 1.54) is 12.1 Å². The molecular weight excluding hydrogens is 535 g/mol. The third-order valence-corrected chi connectivity index (χ3v) is 7.47. The number of benzene rings is 4. The Morgan fingerprint density at radius 1 is 0.881 bits per heavy atom. The SMILES string of the molecule is Cc1ccc(C(=O)Nc2ccc(CN3Cc4ccccc4C3)c(C(F)(F)F)c2)cc1C#Cc1cncc2ccccc12. The van der Waals surface area contributed by atoms with Crippen molar-refractivity contribution in [3.05, 3.63) is 142 Å². The molecule has 208 valence electrons. The van der Waals surface area contributed by atoms with E-state index in [0.717, 1.165) is 39.1 Å². The largest absolute Gasteiger partial charge is 0.416 e. The van der Waals surface area contributed by atoms with Gasteiger partial charge in [0.2, 0.25) is 0 Å². The van der Waals surface area contributed by atoms with Crippen LogP contribution in [-0.2, 0) is 25.8 Å². The number of carbonyl (C=O) groups excluding carboxylic acids is 1. The van der Waals surface area contributed by atoms with Gasteiger partial charge in [-0.3, -0.25) is 14.7 Å². The molecule has 0 aliphatic carbocycles. The first-order valence-electron chi connectivity index (χ1n) is 13.5. The molecule has 0 unspecified atom stereocenters. The molecule has 1 amide bonds. The van der Waals surface area contributed by atoms with Crippen LogP contribution in [0.4, 0.5) is 18.9 Å². The number of hydrogen-bond acceptors (Lipinski definition) is 3. The molecule has 5 aromatic rings. The highest BCUT2D eigenvalue weighted by Crippen LogP contribution is 2.36. The number of anilines is 1. The zero-order chi connectivity index (χ0) is 29.3. The molecule has 1 aliphatic heterocycles. The van der Waals surface area contributed by atoms with Crippen LogP contribution in [0.5, 0.6) is 0 Å². The maximum Gasteiger partial charge on any atom is 0.416 e. The fraction of sp³-hybridized carbons (Fsp3) is 0.143. The van der Waals surface area contributed by atoms with E-state index in [0.29, 0.717) is 24.2 Å². The van der Waals surface area contributed by atoms with Crippen LogP contribution in [0.3, 0.4) is 0 Å². The number of aryl methyl sites for hydroxylation is 1. The Kier molecular flexibility index (Phi) is 7.24. The number of hydrogen-bond donors (Lipinski definition) is 1. The van der Waals surface area contributed by atoms with E-state index < -0.39 is 17.6 Å². The van der Waals surface area contributed by atoms with Crippen molar-refractivity contribution in [3.63, 3.8) is 0 Å². The monoisotopic (exact) mass is 561 g/mol. The molecule has 0 spiro atoms. The van der Waals surface area contributed by atoms with Crippen molar-refractivity contribution in [3.8, 4) is 11.8 Å². The Balaban J connectivity index is 1.22. The van der Waals surface area contributed by atoms with Gasteiger partial charge < -0.3 is 5.32 Å². The molecule has 1 aromatic heterocycles. The maximum absolute atomic E-state index is 14.1. The second kappa shape index (κ2) is 11.2. The van der Waals surface area contributed by atoms with E-state index in [1.807, 2.05) is 60.4 Å². The van der Waals surface area contributed by atoms with Crippen LogP contribution in [0, 0.1) is 18.8 Å². The third-order valence-electron chi connectivity index (χ3n) is 7.47. The van der Waals surface area contributed by atoms with E-state index in [4.69, 9.17) is 0 Å². The van der Waals surface area contributed by atoms with Crippen LogP contribution in [0.25, 0.3) is 10.8 Å². The van der Waals surface area contributed by atoms with E-state index in [1.54, 1.807) is 30.6 Å². The lowest BCUT2D eigenvalue weighted by atomic mass is 10.0. The summed E-state index contributed by atoms with van der Waals surface area (Å²) in [5.41, 5.74) is 4.34. The Bertz CT molecular complexity index is 1850. The average Bonchev–Trinajstić information content (AvgIpc) is 3.39. The topological polar surface area (TPSA) is 45.2 Å². The van der Waals surface area contributed by atoms with Gasteiger partial charge in [0.05, 0.1) is 11.1 Å². The van der Waals surface area contributed by atoms with Crippen molar-refractivity contribution in [1.29, 1.82) is 0 Å². The van der Waals surface area contributed by atoms with Gasteiger partial charge in [0.25, 0.3) is 5.91 Å². The molecular formula is C35H26F3N3O. The van der Waals surface area contributed by atoms with Gasteiger partial charge in [-0.2, -0.15) is 13.2 Å². The fourth-order valence-electron chi connectivity index (χ4n) is 5.26. The number of carbonyl (C=O) groups is 1. The van der Waals surface area contributed by atoms with Crippen molar-refractivity contribution in [1.82, 2.24) is 9.88 Å². The van der Waals surface area contributed by atoms with Gasteiger partial charge in [-0.15, -0.1) is 0 Å². The molecule has 1 aliphatic rings. The zero-order valence-corrected chi connectivity index (χ0v) is 22.8. The molecule has 2 heterocycles. The Morgan fingerprint density at radius 3 is 2.36 bits per heavy atom. The number of rotatable bonds is 4. The fourth-order valence-corrected chi connectivity index (χ4v) is 5.26. The molecule has 7 heteroatoms. The Labute approximate surface area is 241 Å². The second-order valence-electron chi connectivity index (χ2n) is 10.4. The van der Waals surface area contributed by atoms with Crippen molar-refractivity contribution in [2.75, 3.05) is 5.32 Å². The molecule has 0 bridgehead atoms. The number of pyridine rings is 1. The van der Waals surface area contributed by atoms with Gasteiger partial charge in [0, 0.05) is 59.6 Å². The summed E-state index contributed by atoms with van der Waals surface area (Å²) in [6, 6.07) is 24.7. The Hall–Kier alpha value is -4.93. The number of halogens is 3. The minimum absolute atomic E-state index is 0.0795. The first-order chi connectivity index (χ1) is 20.2. The van der Waals surface area contributed by atoms with E-state index >= 15 is 0 Å². The lowest BCUT2D eigenvalue weighted by Crippen LogP contribution is -2.20. The number of amides is 1. The summed E-state index contributed by atoms with van der Waals surface area (Å²) in [7, 11) is 0. The minimum atomic E-state index is -4.56. The summed E-state index contributed by atoms with van der Waals surface area (Å²) in [5.74, 6) is 5.77. The van der Waals surface area contributed by atoms with E-state index in [-0.39, 0.29) is 17.8 Å². The predicted molar refractivity (Wildman–Crippen MR) is 158 cm³/mol. The van der Waals surface area contributed by atoms with Crippen molar-refractivity contribution in [2.24, 2.45) is 0 Å². The average molecular weight is 562 g/mol. The molecule has 0 saturated carbocycles. The summed E-state index contributed by atoms with van der Waals surface area (Å²) in [4.78, 5) is 19.4. The van der Waals surface area contributed by atoms with Crippen LogP contribution < -0.4 is 5.32 Å². The summed E-state index contributed by atoms with van der Waals surface area (Å²) >= 11 is 0. The van der Waals surface area contributed by atoms with Gasteiger partial charge in [-0.25, -0.2) is 0 Å². The van der Waals surface area contributed by atoms with Crippen molar-refractivity contribution >= 4 is 22.4 Å². The minimum Gasteiger partial charge on any atom is -0.322 e. The van der Waals surface area contributed by atoms with Gasteiger partial charge >= 0.3 is 6.18 Å². The predicted octanol–water partition coefficient (Wildman–Crippen LogP) is 7.73. The van der Waals surface area contributed by atoms with Crippen LogP contribution in [0.2, 0.25) is 0 Å². The number of nitrogens with one attached hydrogen (secondary N) is 1. The highest BCUT2D eigenvalue weighted by molar-refractivity contribution is 6.04. The van der Waals surface area contributed by atoms with Crippen LogP contribution in [0.15, 0.2) is 97.3 Å². The van der Waals surface area contributed by atoms with Gasteiger partial charge in [-0.05, 0) is 53.4 Å². The van der Waals surface area contributed by atoms with E-state index in [2.05, 4.69) is 22.1 Å². The third kappa shape index (κ3) is 5.76. The maximum atomic E-state index is 14.1. The summed E-state index contributed by atoms with van der Waals surface area (Å²) < 4.78 is 42.3. The molecule has 4 aromatic carbocycles.